The van der Waals surface area contributed by atoms with Gasteiger partial charge in [-0.2, -0.15) is 0 Å². The molecule has 0 radical (unpaired) electrons. The number of likely N-dealkylation sites (tertiary alicyclic amines) is 1. The molecule has 150 valence electrons. The summed E-state index contributed by atoms with van der Waals surface area (Å²) in [5, 5.41) is 3.06. The maximum absolute atomic E-state index is 12.6. The second-order valence-corrected chi connectivity index (χ2v) is 8.32. The molecule has 2 aliphatic rings. The summed E-state index contributed by atoms with van der Waals surface area (Å²) in [5.74, 6) is 1.84. The highest BCUT2D eigenvalue weighted by Gasteiger charge is 2.29. The van der Waals surface area contributed by atoms with Crippen LogP contribution in [0.3, 0.4) is 0 Å². The Morgan fingerprint density at radius 3 is 2.79 bits per heavy atom. The fraction of sp³-hybridized carbons (Fsp3) is 0.417. The Morgan fingerprint density at radius 2 is 1.97 bits per heavy atom. The Hall–Kier alpha value is -2.66. The maximum atomic E-state index is 12.6. The standard InChI is InChI=1S/C24H27N3O2/c28-23(19-10-11-21-22(15-19)29-24(26-21)18-8-9-18)25-12-14-27-13-4-7-20(16-27)17-5-2-1-3-6-17/h1-3,5-6,10-11,15,18,20H,4,7-9,12-14,16H2,(H,25,28)/t20-/m1/s1. The molecule has 5 rings (SSSR count). The minimum absolute atomic E-state index is 0.0482. The van der Waals surface area contributed by atoms with Gasteiger partial charge in [0, 0.05) is 31.1 Å². The second kappa shape index (κ2) is 7.99. The van der Waals surface area contributed by atoms with Gasteiger partial charge in [0.1, 0.15) is 5.52 Å². The summed E-state index contributed by atoms with van der Waals surface area (Å²) in [4.78, 5) is 19.6. The predicted molar refractivity (Wildman–Crippen MR) is 113 cm³/mol. The Morgan fingerprint density at radius 1 is 1.10 bits per heavy atom. The number of benzene rings is 2. The summed E-state index contributed by atoms with van der Waals surface area (Å²) < 4.78 is 5.84. The van der Waals surface area contributed by atoms with Crippen molar-refractivity contribution in [3.05, 3.63) is 65.5 Å². The van der Waals surface area contributed by atoms with E-state index in [-0.39, 0.29) is 5.91 Å². The summed E-state index contributed by atoms with van der Waals surface area (Å²) in [6.07, 6.45) is 4.76. The van der Waals surface area contributed by atoms with Crippen LogP contribution in [0.1, 0.15) is 59.3 Å². The molecule has 1 atom stereocenters. The van der Waals surface area contributed by atoms with Crippen molar-refractivity contribution in [3.8, 4) is 0 Å². The average molecular weight is 389 g/mol. The van der Waals surface area contributed by atoms with E-state index < -0.39 is 0 Å². The number of nitrogens with zero attached hydrogens (tertiary/aromatic N) is 2. The molecule has 1 N–H and O–H groups in total. The van der Waals surface area contributed by atoms with Gasteiger partial charge in [-0.3, -0.25) is 4.79 Å². The Kier molecular flexibility index (Phi) is 5.06. The minimum Gasteiger partial charge on any atom is -0.440 e. The molecule has 5 nitrogen and oxygen atoms in total. The van der Waals surface area contributed by atoms with Crippen LogP contribution >= 0.6 is 0 Å². The van der Waals surface area contributed by atoms with Gasteiger partial charge in [-0.25, -0.2) is 4.98 Å². The zero-order valence-corrected chi connectivity index (χ0v) is 16.6. The zero-order valence-electron chi connectivity index (χ0n) is 16.6. The number of oxazole rings is 1. The van der Waals surface area contributed by atoms with Gasteiger partial charge in [0.05, 0.1) is 0 Å². The molecule has 1 saturated carbocycles. The van der Waals surface area contributed by atoms with Crippen molar-refractivity contribution in [3.63, 3.8) is 0 Å². The van der Waals surface area contributed by atoms with Gasteiger partial charge in [-0.15, -0.1) is 0 Å². The molecule has 1 amide bonds. The minimum atomic E-state index is -0.0482. The van der Waals surface area contributed by atoms with Crippen molar-refractivity contribution in [1.29, 1.82) is 0 Å². The van der Waals surface area contributed by atoms with Crippen molar-refractivity contribution in [2.45, 2.75) is 37.5 Å². The number of piperidine rings is 1. The molecule has 1 aromatic heterocycles. The van der Waals surface area contributed by atoms with Crippen molar-refractivity contribution < 1.29 is 9.21 Å². The molecule has 0 spiro atoms. The quantitative estimate of drug-likeness (QED) is 0.682. The summed E-state index contributed by atoms with van der Waals surface area (Å²) in [6, 6.07) is 16.3. The smallest absolute Gasteiger partial charge is 0.251 e. The van der Waals surface area contributed by atoms with Crippen molar-refractivity contribution in [2.24, 2.45) is 0 Å². The monoisotopic (exact) mass is 389 g/mol. The molecule has 1 saturated heterocycles. The van der Waals surface area contributed by atoms with Crippen molar-refractivity contribution in [1.82, 2.24) is 15.2 Å². The highest BCUT2D eigenvalue weighted by atomic mass is 16.3. The van der Waals surface area contributed by atoms with Gasteiger partial charge < -0.3 is 14.6 Å². The lowest BCUT2D eigenvalue weighted by Crippen LogP contribution is -2.40. The highest BCUT2D eigenvalue weighted by molar-refractivity contribution is 5.97. The van der Waals surface area contributed by atoms with Crippen molar-refractivity contribution >= 4 is 17.0 Å². The van der Waals surface area contributed by atoms with E-state index in [1.807, 2.05) is 18.2 Å². The lowest BCUT2D eigenvalue weighted by atomic mass is 9.91. The molecule has 1 aliphatic carbocycles. The largest absolute Gasteiger partial charge is 0.440 e. The molecule has 5 heteroatoms. The molecule has 1 aliphatic heterocycles. The predicted octanol–water partition coefficient (Wildman–Crippen LogP) is 4.31. The first-order chi connectivity index (χ1) is 14.3. The van der Waals surface area contributed by atoms with Gasteiger partial charge in [0.2, 0.25) is 0 Å². The number of aromatic nitrogens is 1. The topological polar surface area (TPSA) is 58.4 Å². The molecule has 2 heterocycles. The molecule has 3 aromatic rings. The molecule has 2 fully saturated rings. The third-order valence-corrected chi connectivity index (χ3v) is 6.08. The molecule has 2 aromatic carbocycles. The first-order valence-corrected chi connectivity index (χ1v) is 10.7. The molecule has 0 unspecified atom stereocenters. The van der Waals surface area contributed by atoms with E-state index in [9.17, 15) is 4.79 Å². The molecule has 0 bridgehead atoms. The van der Waals surface area contributed by atoms with Crippen LogP contribution in [0.15, 0.2) is 52.9 Å². The van der Waals surface area contributed by atoms with Crippen molar-refractivity contribution in [2.75, 3.05) is 26.2 Å². The summed E-state index contributed by atoms with van der Waals surface area (Å²) >= 11 is 0. The van der Waals surface area contributed by atoms with Gasteiger partial charge in [0.25, 0.3) is 5.91 Å². The van der Waals surface area contributed by atoms with E-state index in [1.54, 1.807) is 0 Å². The number of nitrogens with one attached hydrogen (secondary N) is 1. The number of amides is 1. The third-order valence-electron chi connectivity index (χ3n) is 6.08. The SMILES string of the molecule is O=C(NCCN1CCC[C@@H](c2ccccc2)C1)c1ccc2nc(C3CC3)oc2c1. The number of hydrogen-bond acceptors (Lipinski definition) is 4. The van der Waals surface area contributed by atoms with E-state index in [2.05, 4.69) is 45.5 Å². The first-order valence-electron chi connectivity index (χ1n) is 10.7. The number of fused-ring (bicyclic) bond motifs is 1. The van der Waals surface area contributed by atoms with E-state index in [4.69, 9.17) is 4.42 Å². The van der Waals surface area contributed by atoms with Gasteiger partial charge in [-0.05, 0) is 61.9 Å². The van der Waals surface area contributed by atoms with Crippen LogP contribution in [0.25, 0.3) is 11.1 Å². The van der Waals surface area contributed by atoms with E-state index in [0.717, 1.165) is 43.9 Å². The lowest BCUT2D eigenvalue weighted by molar-refractivity contribution is 0.0945. The molecular formula is C24H27N3O2. The number of carbonyl (C=O) groups is 1. The number of carbonyl (C=O) groups excluding carboxylic acids is 1. The average Bonchev–Trinajstić information content (AvgIpc) is 3.53. The third kappa shape index (κ3) is 4.20. The Labute approximate surface area is 171 Å². The number of hydrogen-bond donors (Lipinski definition) is 1. The molecular weight excluding hydrogens is 362 g/mol. The maximum Gasteiger partial charge on any atom is 0.251 e. The lowest BCUT2D eigenvalue weighted by Gasteiger charge is -2.33. The molecule has 29 heavy (non-hydrogen) atoms. The van der Waals surface area contributed by atoms with Crippen LogP contribution in [0.2, 0.25) is 0 Å². The van der Waals surface area contributed by atoms with Crippen LogP contribution in [0.5, 0.6) is 0 Å². The van der Waals surface area contributed by atoms with Gasteiger partial charge >= 0.3 is 0 Å². The second-order valence-electron chi connectivity index (χ2n) is 8.32. The zero-order chi connectivity index (χ0) is 19.6. The summed E-state index contributed by atoms with van der Waals surface area (Å²) in [5.41, 5.74) is 3.61. The Bertz CT molecular complexity index is 994. The van der Waals surface area contributed by atoms with Crippen LogP contribution in [-0.4, -0.2) is 42.0 Å². The van der Waals surface area contributed by atoms with Crippen LogP contribution in [-0.2, 0) is 0 Å². The normalized spacial score (nSPS) is 20.1. The highest BCUT2D eigenvalue weighted by Crippen LogP contribution is 2.40. The van der Waals surface area contributed by atoms with E-state index >= 15 is 0 Å². The van der Waals surface area contributed by atoms with Crippen LogP contribution in [0, 0.1) is 0 Å². The fourth-order valence-corrected chi connectivity index (χ4v) is 4.27. The number of rotatable bonds is 6. The van der Waals surface area contributed by atoms with E-state index in [1.165, 1.54) is 18.4 Å². The van der Waals surface area contributed by atoms with E-state index in [0.29, 0.717) is 29.5 Å². The Balaban J connectivity index is 1.15. The fourth-order valence-electron chi connectivity index (χ4n) is 4.27. The van der Waals surface area contributed by atoms with Gasteiger partial charge in [0.15, 0.2) is 11.5 Å². The summed E-state index contributed by atoms with van der Waals surface area (Å²) in [6.45, 7) is 3.70. The van der Waals surface area contributed by atoms with Gasteiger partial charge in [-0.1, -0.05) is 30.3 Å². The summed E-state index contributed by atoms with van der Waals surface area (Å²) in [7, 11) is 0. The first kappa shape index (κ1) is 18.4. The van der Waals surface area contributed by atoms with Crippen LogP contribution < -0.4 is 5.32 Å². The van der Waals surface area contributed by atoms with Crippen LogP contribution in [0.4, 0.5) is 0 Å².